The molecule has 0 unspecified atom stereocenters. The van der Waals surface area contributed by atoms with Gasteiger partial charge in [0.15, 0.2) is 0 Å². The molecule has 120 valence electrons. The molecule has 0 saturated carbocycles. The summed E-state index contributed by atoms with van der Waals surface area (Å²) in [5, 5.41) is 5.80. The van der Waals surface area contributed by atoms with Gasteiger partial charge in [-0.25, -0.2) is 4.79 Å². The van der Waals surface area contributed by atoms with Gasteiger partial charge in [-0.1, -0.05) is 18.2 Å². The number of carbonyl (C=O) groups is 2. The van der Waals surface area contributed by atoms with Gasteiger partial charge in [-0.3, -0.25) is 4.79 Å². The van der Waals surface area contributed by atoms with E-state index >= 15 is 0 Å². The zero-order valence-corrected chi connectivity index (χ0v) is 13.5. The van der Waals surface area contributed by atoms with E-state index in [9.17, 15) is 9.59 Å². The highest BCUT2D eigenvalue weighted by Gasteiger charge is 2.13. The third-order valence-corrected chi connectivity index (χ3v) is 3.28. The van der Waals surface area contributed by atoms with E-state index in [0.29, 0.717) is 11.3 Å². The van der Waals surface area contributed by atoms with E-state index in [1.54, 1.807) is 24.3 Å². The number of amides is 1. The molecular weight excluding hydrogens is 292 g/mol. The van der Waals surface area contributed by atoms with Gasteiger partial charge in [0.1, 0.15) is 0 Å². The third-order valence-electron chi connectivity index (χ3n) is 3.28. The van der Waals surface area contributed by atoms with Crippen molar-refractivity contribution < 1.29 is 14.3 Å². The van der Waals surface area contributed by atoms with Gasteiger partial charge in [-0.2, -0.15) is 0 Å². The van der Waals surface area contributed by atoms with Crippen molar-refractivity contribution in [2.75, 3.05) is 24.3 Å². The molecule has 0 saturated heterocycles. The topological polar surface area (TPSA) is 67.4 Å². The Balaban J connectivity index is 2.01. The number of rotatable bonds is 5. The molecule has 23 heavy (non-hydrogen) atoms. The normalized spacial score (nSPS) is 10.0. The number of benzene rings is 2. The van der Waals surface area contributed by atoms with Gasteiger partial charge in [-0.15, -0.1) is 0 Å². The van der Waals surface area contributed by atoms with Crippen LogP contribution in [0.15, 0.2) is 42.5 Å². The van der Waals surface area contributed by atoms with Crippen LogP contribution in [0.25, 0.3) is 0 Å². The summed E-state index contributed by atoms with van der Waals surface area (Å²) in [6.45, 7) is 4.12. The first kappa shape index (κ1) is 16.5. The molecule has 0 spiro atoms. The maximum Gasteiger partial charge on any atom is 0.339 e. The standard InChI is InChI=1S/C18H20N2O3/c1-12-8-13(2)10-14(9-12)19-11-17(21)20-16-7-5-4-6-15(16)18(22)23-3/h4-10,19H,11H2,1-3H3,(H,20,21). The molecule has 2 aromatic carbocycles. The maximum absolute atomic E-state index is 12.1. The second-order valence-corrected chi connectivity index (χ2v) is 5.32. The predicted octanol–water partition coefficient (Wildman–Crippen LogP) is 3.14. The molecule has 2 aromatic rings. The maximum atomic E-state index is 12.1. The molecule has 2 rings (SSSR count). The third kappa shape index (κ3) is 4.57. The Hall–Kier alpha value is -2.82. The largest absolute Gasteiger partial charge is 0.465 e. The van der Waals surface area contributed by atoms with Crippen LogP contribution in [0.4, 0.5) is 11.4 Å². The van der Waals surface area contributed by atoms with Crippen LogP contribution >= 0.6 is 0 Å². The molecule has 0 heterocycles. The summed E-state index contributed by atoms with van der Waals surface area (Å²) in [6, 6.07) is 12.8. The summed E-state index contributed by atoms with van der Waals surface area (Å²) in [5.41, 5.74) is 3.91. The van der Waals surface area contributed by atoms with Crippen LogP contribution in [0.5, 0.6) is 0 Å². The van der Waals surface area contributed by atoms with E-state index in [2.05, 4.69) is 16.7 Å². The summed E-state index contributed by atoms with van der Waals surface area (Å²) >= 11 is 0. The minimum Gasteiger partial charge on any atom is -0.465 e. The summed E-state index contributed by atoms with van der Waals surface area (Å²) < 4.78 is 4.71. The van der Waals surface area contributed by atoms with Crippen molar-refractivity contribution in [3.63, 3.8) is 0 Å². The lowest BCUT2D eigenvalue weighted by atomic mass is 10.1. The quantitative estimate of drug-likeness (QED) is 0.832. The van der Waals surface area contributed by atoms with Gasteiger partial charge in [-0.05, 0) is 49.2 Å². The predicted molar refractivity (Wildman–Crippen MR) is 90.8 cm³/mol. The molecule has 5 nitrogen and oxygen atoms in total. The van der Waals surface area contributed by atoms with Crippen molar-refractivity contribution in [1.82, 2.24) is 0 Å². The van der Waals surface area contributed by atoms with E-state index in [-0.39, 0.29) is 12.5 Å². The SMILES string of the molecule is COC(=O)c1ccccc1NC(=O)CNc1cc(C)cc(C)c1. The van der Waals surface area contributed by atoms with E-state index in [4.69, 9.17) is 4.74 Å². The van der Waals surface area contributed by atoms with Crippen molar-refractivity contribution >= 4 is 23.3 Å². The molecule has 0 aliphatic heterocycles. The second-order valence-electron chi connectivity index (χ2n) is 5.32. The highest BCUT2D eigenvalue weighted by molar-refractivity contribution is 6.02. The first-order valence-corrected chi connectivity index (χ1v) is 7.29. The lowest BCUT2D eigenvalue weighted by molar-refractivity contribution is -0.114. The van der Waals surface area contributed by atoms with Crippen LogP contribution in [0.3, 0.4) is 0 Å². The fraction of sp³-hybridized carbons (Fsp3) is 0.222. The molecule has 1 amide bonds. The van der Waals surface area contributed by atoms with Crippen molar-refractivity contribution in [2.45, 2.75) is 13.8 Å². The fourth-order valence-corrected chi connectivity index (χ4v) is 2.33. The molecule has 0 aromatic heterocycles. The highest BCUT2D eigenvalue weighted by Crippen LogP contribution is 2.16. The van der Waals surface area contributed by atoms with E-state index in [0.717, 1.165) is 16.8 Å². The number of aryl methyl sites for hydroxylation is 2. The Morgan fingerprint density at radius 1 is 1.04 bits per heavy atom. The highest BCUT2D eigenvalue weighted by atomic mass is 16.5. The molecule has 0 aliphatic rings. The molecule has 0 aliphatic carbocycles. The zero-order chi connectivity index (χ0) is 16.8. The van der Waals surface area contributed by atoms with Crippen molar-refractivity contribution in [3.05, 3.63) is 59.2 Å². The molecule has 0 bridgehead atoms. The van der Waals surface area contributed by atoms with Crippen molar-refractivity contribution in [1.29, 1.82) is 0 Å². The number of hydrogen-bond acceptors (Lipinski definition) is 4. The first-order chi connectivity index (χ1) is 11.0. The minimum absolute atomic E-state index is 0.110. The van der Waals surface area contributed by atoms with E-state index in [1.807, 2.05) is 26.0 Å². The monoisotopic (exact) mass is 312 g/mol. The summed E-state index contributed by atoms with van der Waals surface area (Å²) in [4.78, 5) is 23.8. The first-order valence-electron chi connectivity index (χ1n) is 7.29. The van der Waals surface area contributed by atoms with Gasteiger partial charge in [0.25, 0.3) is 0 Å². The van der Waals surface area contributed by atoms with Crippen LogP contribution in [-0.2, 0) is 9.53 Å². The van der Waals surface area contributed by atoms with Crippen molar-refractivity contribution in [3.8, 4) is 0 Å². The Kier molecular flexibility index (Phi) is 5.36. The summed E-state index contributed by atoms with van der Waals surface area (Å²) in [7, 11) is 1.31. The fourth-order valence-electron chi connectivity index (χ4n) is 2.33. The number of methoxy groups -OCH3 is 1. The van der Waals surface area contributed by atoms with Crippen LogP contribution in [-0.4, -0.2) is 25.5 Å². The average Bonchev–Trinajstić information content (AvgIpc) is 2.52. The number of anilines is 2. The van der Waals surface area contributed by atoms with Gasteiger partial charge in [0.2, 0.25) is 5.91 Å². The van der Waals surface area contributed by atoms with Crippen LogP contribution < -0.4 is 10.6 Å². The van der Waals surface area contributed by atoms with Gasteiger partial charge in [0.05, 0.1) is 24.9 Å². The molecule has 0 atom stereocenters. The zero-order valence-electron chi connectivity index (χ0n) is 13.5. The second kappa shape index (κ2) is 7.45. The number of ether oxygens (including phenoxy) is 1. The lowest BCUT2D eigenvalue weighted by Gasteiger charge is -2.11. The van der Waals surface area contributed by atoms with Crippen LogP contribution in [0.2, 0.25) is 0 Å². The van der Waals surface area contributed by atoms with E-state index < -0.39 is 5.97 Å². The number of para-hydroxylation sites is 1. The molecule has 2 N–H and O–H groups in total. The molecule has 0 radical (unpaired) electrons. The minimum atomic E-state index is -0.483. The number of carbonyl (C=O) groups excluding carboxylic acids is 2. The van der Waals surface area contributed by atoms with Gasteiger partial charge < -0.3 is 15.4 Å². The van der Waals surface area contributed by atoms with E-state index in [1.165, 1.54) is 7.11 Å². The summed E-state index contributed by atoms with van der Waals surface area (Å²) in [6.07, 6.45) is 0. The average molecular weight is 312 g/mol. The van der Waals surface area contributed by atoms with Crippen LogP contribution in [0.1, 0.15) is 21.5 Å². The Morgan fingerprint density at radius 3 is 2.35 bits per heavy atom. The molecular formula is C18H20N2O3. The van der Waals surface area contributed by atoms with Gasteiger partial charge >= 0.3 is 5.97 Å². The molecule has 5 heteroatoms. The Morgan fingerprint density at radius 2 is 1.70 bits per heavy atom. The van der Waals surface area contributed by atoms with Crippen LogP contribution in [0, 0.1) is 13.8 Å². The smallest absolute Gasteiger partial charge is 0.339 e. The number of esters is 1. The Bertz CT molecular complexity index is 706. The summed E-state index contributed by atoms with van der Waals surface area (Å²) in [5.74, 6) is -0.719. The molecule has 0 fully saturated rings. The number of nitrogens with one attached hydrogen (secondary N) is 2. The van der Waals surface area contributed by atoms with Crippen molar-refractivity contribution in [2.24, 2.45) is 0 Å². The van der Waals surface area contributed by atoms with Gasteiger partial charge in [0, 0.05) is 5.69 Å². The lowest BCUT2D eigenvalue weighted by Crippen LogP contribution is -2.23. The Labute approximate surface area is 135 Å². The number of hydrogen-bond donors (Lipinski definition) is 2.